The predicted molar refractivity (Wildman–Crippen MR) is 71.3 cm³/mol. The van der Waals surface area contributed by atoms with Gasteiger partial charge in [0.05, 0.1) is 23.8 Å². The minimum atomic E-state index is -0.432. The summed E-state index contributed by atoms with van der Waals surface area (Å²) in [4.78, 5) is 12.3. The van der Waals surface area contributed by atoms with E-state index in [1.165, 1.54) is 19.2 Å². The van der Waals surface area contributed by atoms with Crippen LogP contribution in [-0.2, 0) is 0 Å². The molecule has 0 saturated heterocycles. The molecular formula is C12H19N3O3. The van der Waals surface area contributed by atoms with E-state index < -0.39 is 4.92 Å². The molecule has 100 valence electrons. The van der Waals surface area contributed by atoms with Gasteiger partial charge in [0.1, 0.15) is 5.75 Å². The number of non-ortho nitro benzene ring substituents is 1. The van der Waals surface area contributed by atoms with Crippen LogP contribution < -0.4 is 10.1 Å². The van der Waals surface area contributed by atoms with E-state index in [2.05, 4.69) is 10.2 Å². The van der Waals surface area contributed by atoms with Gasteiger partial charge in [0.2, 0.25) is 0 Å². The van der Waals surface area contributed by atoms with Gasteiger partial charge < -0.3 is 15.0 Å². The Kier molecular flexibility index (Phi) is 5.38. The molecule has 1 rings (SSSR count). The van der Waals surface area contributed by atoms with Gasteiger partial charge in [0.15, 0.2) is 0 Å². The van der Waals surface area contributed by atoms with Crippen LogP contribution in [0.25, 0.3) is 0 Å². The number of nitrogens with one attached hydrogen (secondary N) is 1. The smallest absolute Gasteiger partial charge is 0.273 e. The lowest BCUT2D eigenvalue weighted by Crippen LogP contribution is -2.16. The first kappa shape index (κ1) is 14.2. The fourth-order valence-corrected chi connectivity index (χ4v) is 1.56. The zero-order chi connectivity index (χ0) is 13.5. The average molecular weight is 253 g/mol. The highest BCUT2D eigenvalue weighted by Gasteiger charge is 2.10. The van der Waals surface area contributed by atoms with Gasteiger partial charge in [0, 0.05) is 12.6 Å². The molecule has 0 unspecified atom stereocenters. The van der Waals surface area contributed by atoms with Crippen LogP contribution in [0.2, 0.25) is 0 Å². The fourth-order valence-electron chi connectivity index (χ4n) is 1.56. The molecule has 6 heteroatoms. The van der Waals surface area contributed by atoms with E-state index >= 15 is 0 Å². The summed E-state index contributed by atoms with van der Waals surface area (Å²) in [5, 5.41) is 13.9. The van der Waals surface area contributed by atoms with Crippen molar-refractivity contribution >= 4 is 11.4 Å². The Balaban J connectivity index is 2.62. The molecule has 18 heavy (non-hydrogen) atoms. The van der Waals surface area contributed by atoms with Crippen LogP contribution in [0.15, 0.2) is 18.2 Å². The highest BCUT2D eigenvalue weighted by Crippen LogP contribution is 2.28. The van der Waals surface area contributed by atoms with Crippen LogP contribution in [0.3, 0.4) is 0 Å². The second kappa shape index (κ2) is 6.80. The lowest BCUT2D eigenvalue weighted by molar-refractivity contribution is -0.384. The Morgan fingerprint density at radius 2 is 2.17 bits per heavy atom. The minimum absolute atomic E-state index is 0.0330. The molecule has 0 aliphatic carbocycles. The molecule has 0 spiro atoms. The standard InChI is InChI=1S/C12H19N3O3/c1-14(2)8-4-7-13-11-6-5-10(15(16)17)9-12(11)18-3/h5-6,9,13H,4,7-8H2,1-3H3. The molecule has 0 saturated carbocycles. The molecular weight excluding hydrogens is 234 g/mol. The zero-order valence-corrected chi connectivity index (χ0v) is 11.0. The second-order valence-corrected chi connectivity index (χ2v) is 4.23. The van der Waals surface area contributed by atoms with Gasteiger partial charge >= 0.3 is 0 Å². The minimum Gasteiger partial charge on any atom is -0.494 e. The number of benzene rings is 1. The number of hydrogen-bond donors (Lipinski definition) is 1. The van der Waals surface area contributed by atoms with Crippen molar-refractivity contribution in [1.82, 2.24) is 4.90 Å². The van der Waals surface area contributed by atoms with Crippen LogP contribution >= 0.6 is 0 Å². The van der Waals surface area contributed by atoms with E-state index in [9.17, 15) is 10.1 Å². The Labute approximate surface area is 107 Å². The first-order chi connectivity index (χ1) is 8.54. The van der Waals surface area contributed by atoms with Crippen molar-refractivity contribution in [1.29, 1.82) is 0 Å². The van der Waals surface area contributed by atoms with Gasteiger partial charge in [-0.1, -0.05) is 0 Å². The highest BCUT2D eigenvalue weighted by molar-refractivity contribution is 5.60. The van der Waals surface area contributed by atoms with E-state index in [0.29, 0.717) is 5.75 Å². The van der Waals surface area contributed by atoms with E-state index in [1.807, 2.05) is 14.1 Å². The summed E-state index contributed by atoms with van der Waals surface area (Å²) < 4.78 is 5.14. The summed E-state index contributed by atoms with van der Waals surface area (Å²) in [5.74, 6) is 0.494. The van der Waals surface area contributed by atoms with Gasteiger partial charge in [0.25, 0.3) is 5.69 Å². The predicted octanol–water partition coefficient (Wildman–Crippen LogP) is 1.97. The molecule has 0 bridgehead atoms. The molecule has 0 radical (unpaired) electrons. The van der Waals surface area contributed by atoms with Gasteiger partial charge in [-0.15, -0.1) is 0 Å². The van der Waals surface area contributed by atoms with E-state index in [0.717, 1.165) is 25.2 Å². The van der Waals surface area contributed by atoms with Crippen molar-refractivity contribution in [3.8, 4) is 5.75 Å². The lowest BCUT2D eigenvalue weighted by atomic mass is 10.2. The third kappa shape index (κ3) is 4.21. The van der Waals surface area contributed by atoms with Crippen LogP contribution in [-0.4, -0.2) is 44.1 Å². The largest absolute Gasteiger partial charge is 0.494 e. The summed E-state index contributed by atoms with van der Waals surface area (Å²) >= 11 is 0. The third-order valence-corrected chi connectivity index (χ3v) is 2.49. The number of nitrogens with zero attached hydrogens (tertiary/aromatic N) is 2. The normalized spacial score (nSPS) is 10.4. The molecule has 1 aromatic carbocycles. The average Bonchev–Trinajstić information content (AvgIpc) is 2.34. The van der Waals surface area contributed by atoms with E-state index in [1.54, 1.807) is 6.07 Å². The Morgan fingerprint density at radius 1 is 1.44 bits per heavy atom. The highest BCUT2D eigenvalue weighted by atomic mass is 16.6. The maximum absolute atomic E-state index is 10.6. The molecule has 0 aromatic heterocycles. The monoisotopic (exact) mass is 253 g/mol. The Bertz CT molecular complexity index is 408. The summed E-state index contributed by atoms with van der Waals surface area (Å²) in [5.41, 5.74) is 0.813. The number of methoxy groups -OCH3 is 1. The van der Waals surface area contributed by atoms with Crippen molar-refractivity contribution < 1.29 is 9.66 Å². The first-order valence-electron chi connectivity index (χ1n) is 5.75. The van der Waals surface area contributed by atoms with Crippen molar-refractivity contribution in [3.63, 3.8) is 0 Å². The Hall–Kier alpha value is -1.82. The molecule has 0 atom stereocenters. The SMILES string of the molecule is COc1cc([N+](=O)[O-])ccc1NCCCN(C)C. The van der Waals surface area contributed by atoms with Crippen molar-refractivity contribution in [3.05, 3.63) is 28.3 Å². The van der Waals surface area contributed by atoms with Crippen LogP contribution in [0.1, 0.15) is 6.42 Å². The van der Waals surface area contributed by atoms with Crippen molar-refractivity contribution in [2.45, 2.75) is 6.42 Å². The molecule has 1 N–H and O–H groups in total. The summed E-state index contributed by atoms with van der Waals surface area (Å²) in [6, 6.07) is 4.57. The van der Waals surface area contributed by atoms with Crippen LogP contribution in [0.4, 0.5) is 11.4 Å². The lowest BCUT2D eigenvalue weighted by Gasteiger charge is -2.12. The summed E-state index contributed by atoms with van der Waals surface area (Å²) in [6.07, 6.45) is 0.993. The van der Waals surface area contributed by atoms with Crippen molar-refractivity contribution in [2.75, 3.05) is 39.6 Å². The maximum atomic E-state index is 10.6. The molecule has 6 nitrogen and oxygen atoms in total. The number of nitro benzene ring substituents is 1. The summed E-state index contributed by atoms with van der Waals surface area (Å²) in [7, 11) is 5.54. The number of hydrogen-bond acceptors (Lipinski definition) is 5. The van der Waals surface area contributed by atoms with Crippen molar-refractivity contribution in [2.24, 2.45) is 0 Å². The summed E-state index contributed by atoms with van der Waals surface area (Å²) in [6.45, 7) is 1.79. The quantitative estimate of drug-likeness (QED) is 0.457. The molecule has 0 heterocycles. The molecule has 0 aliphatic rings. The Morgan fingerprint density at radius 3 is 2.72 bits per heavy atom. The maximum Gasteiger partial charge on any atom is 0.273 e. The van der Waals surface area contributed by atoms with Gasteiger partial charge in [-0.05, 0) is 33.1 Å². The number of ether oxygens (including phenoxy) is 1. The third-order valence-electron chi connectivity index (χ3n) is 2.49. The fraction of sp³-hybridized carbons (Fsp3) is 0.500. The first-order valence-corrected chi connectivity index (χ1v) is 5.75. The number of anilines is 1. The van der Waals surface area contributed by atoms with Gasteiger partial charge in [-0.2, -0.15) is 0 Å². The molecule has 0 aliphatic heterocycles. The topological polar surface area (TPSA) is 67.6 Å². The van der Waals surface area contributed by atoms with Gasteiger partial charge in [-0.3, -0.25) is 10.1 Å². The molecule has 0 fully saturated rings. The second-order valence-electron chi connectivity index (χ2n) is 4.23. The van der Waals surface area contributed by atoms with E-state index in [-0.39, 0.29) is 5.69 Å². The molecule has 1 aromatic rings. The van der Waals surface area contributed by atoms with Crippen LogP contribution in [0, 0.1) is 10.1 Å². The molecule has 0 amide bonds. The number of nitro groups is 1. The van der Waals surface area contributed by atoms with Crippen LogP contribution in [0.5, 0.6) is 5.75 Å². The van der Waals surface area contributed by atoms with Gasteiger partial charge in [-0.25, -0.2) is 0 Å². The van der Waals surface area contributed by atoms with E-state index in [4.69, 9.17) is 4.74 Å². The number of rotatable bonds is 7. The zero-order valence-electron chi connectivity index (χ0n) is 11.0.